The summed E-state index contributed by atoms with van der Waals surface area (Å²) in [6.07, 6.45) is -1.05. The zero-order chi connectivity index (χ0) is 13.8. The van der Waals surface area contributed by atoms with Gasteiger partial charge in [-0.15, -0.1) is 0 Å². The Morgan fingerprint density at radius 3 is 2.58 bits per heavy atom. The zero-order valence-electron chi connectivity index (χ0n) is 10.3. The molecule has 0 fully saturated rings. The van der Waals surface area contributed by atoms with Gasteiger partial charge in [-0.1, -0.05) is 35.9 Å². The lowest BCUT2D eigenvalue weighted by Crippen LogP contribution is -2.31. The van der Waals surface area contributed by atoms with Crippen molar-refractivity contribution in [1.82, 2.24) is 0 Å². The first-order chi connectivity index (χ1) is 9.13. The van der Waals surface area contributed by atoms with Crippen molar-refractivity contribution in [2.24, 2.45) is 0 Å². The quantitative estimate of drug-likeness (QED) is 0.915. The van der Waals surface area contributed by atoms with Gasteiger partial charge in [0.15, 0.2) is 0 Å². The molecule has 5 heteroatoms. The molecule has 0 aliphatic rings. The molecule has 0 heterocycles. The summed E-state index contributed by atoms with van der Waals surface area (Å²) in [5, 5.41) is 11.3. The van der Waals surface area contributed by atoms with Crippen LogP contribution in [0.25, 0.3) is 10.8 Å². The Hall–Kier alpha value is -1.78. The number of rotatable bonds is 5. The van der Waals surface area contributed by atoms with E-state index in [1.54, 1.807) is 12.1 Å². The van der Waals surface area contributed by atoms with E-state index in [1.807, 2.05) is 24.3 Å². The lowest BCUT2D eigenvalue weighted by atomic mass is 10.1. The van der Waals surface area contributed by atoms with E-state index in [9.17, 15) is 4.79 Å². The van der Waals surface area contributed by atoms with Crippen LogP contribution in [-0.2, 0) is 9.53 Å². The van der Waals surface area contributed by atoms with Crippen molar-refractivity contribution in [1.29, 1.82) is 0 Å². The van der Waals surface area contributed by atoms with Crippen LogP contribution >= 0.6 is 11.6 Å². The molecule has 0 aliphatic heterocycles. The van der Waals surface area contributed by atoms with Crippen LogP contribution in [0.2, 0.25) is 5.02 Å². The molecule has 0 saturated heterocycles. The predicted octanol–water partition coefficient (Wildman–Crippen LogP) is 2.97. The van der Waals surface area contributed by atoms with Crippen LogP contribution in [0.1, 0.15) is 0 Å². The molecule has 0 bridgehead atoms. The maximum absolute atomic E-state index is 11.1. The third-order valence-electron chi connectivity index (χ3n) is 2.69. The summed E-state index contributed by atoms with van der Waals surface area (Å²) < 4.78 is 10.3. The maximum atomic E-state index is 11.1. The van der Waals surface area contributed by atoms with Crippen molar-refractivity contribution in [2.75, 3.05) is 13.7 Å². The van der Waals surface area contributed by atoms with Crippen molar-refractivity contribution in [3.63, 3.8) is 0 Å². The summed E-state index contributed by atoms with van der Waals surface area (Å²) in [7, 11) is 1.43. The Balaban J connectivity index is 2.40. The number of halogens is 1. The van der Waals surface area contributed by atoms with E-state index in [1.165, 1.54) is 7.11 Å². The Morgan fingerprint density at radius 2 is 1.95 bits per heavy atom. The molecule has 1 N–H and O–H groups in total. The van der Waals surface area contributed by atoms with Crippen LogP contribution in [0.4, 0.5) is 0 Å². The smallest absolute Gasteiger partial charge is 0.347 e. The number of carboxylic acids is 1. The molecule has 0 saturated carbocycles. The molecule has 0 aliphatic carbocycles. The second-order valence-electron chi connectivity index (χ2n) is 3.99. The number of carboxylic acid groups (broad SMARTS) is 1. The molecule has 19 heavy (non-hydrogen) atoms. The average Bonchev–Trinajstić information content (AvgIpc) is 2.41. The van der Waals surface area contributed by atoms with E-state index in [0.717, 1.165) is 10.8 Å². The first kappa shape index (κ1) is 13.6. The number of fused-ring (bicyclic) bond motifs is 1. The van der Waals surface area contributed by atoms with Crippen LogP contribution in [-0.4, -0.2) is 30.9 Å². The van der Waals surface area contributed by atoms with Gasteiger partial charge in [-0.05, 0) is 12.1 Å². The SMILES string of the molecule is COCC(Oc1ccc(Cl)c2ccccc12)C(=O)O. The number of benzene rings is 2. The van der Waals surface area contributed by atoms with Crippen molar-refractivity contribution in [2.45, 2.75) is 6.10 Å². The second kappa shape index (κ2) is 5.91. The minimum absolute atomic E-state index is 0.0215. The van der Waals surface area contributed by atoms with Gasteiger partial charge in [0.25, 0.3) is 0 Å². The molecule has 0 radical (unpaired) electrons. The zero-order valence-corrected chi connectivity index (χ0v) is 11.1. The molecule has 0 aromatic heterocycles. The van der Waals surface area contributed by atoms with Gasteiger partial charge < -0.3 is 14.6 Å². The molecule has 0 spiro atoms. The minimum atomic E-state index is -1.07. The Kier molecular flexibility index (Phi) is 4.24. The molecule has 2 aromatic carbocycles. The Labute approximate surface area is 115 Å². The Bertz CT molecular complexity index is 597. The Morgan fingerprint density at radius 1 is 1.26 bits per heavy atom. The van der Waals surface area contributed by atoms with Gasteiger partial charge in [0.2, 0.25) is 6.10 Å². The highest BCUT2D eigenvalue weighted by molar-refractivity contribution is 6.35. The van der Waals surface area contributed by atoms with Crippen LogP contribution < -0.4 is 4.74 Å². The molecule has 0 amide bonds. The number of aliphatic carboxylic acids is 1. The predicted molar refractivity (Wildman–Crippen MR) is 72.9 cm³/mol. The highest BCUT2D eigenvalue weighted by Crippen LogP contribution is 2.31. The summed E-state index contributed by atoms with van der Waals surface area (Å²) in [6, 6.07) is 10.7. The number of carbonyl (C=O) groups is 1. The molecule has 100 valence electrons. The van der Waals surface area contributed by atoms with Crippen LogP contribution in [0.3, 0.4) is 0 Å². The van der Waals surface area contributed by atoms with Gasteiger partial charge in [-0.3, -0.25) is 0 Å². The highest BCUT2D eigenvalue weighted by atomic mass is 35.5. The summed E-state index contributed by atoms with van der Waals surface area (Å²) in [4.78, 5) is 11.1. The van der Waals surface area contributed by atoms with Gasteiger partial charge >= 0.3 is 5.97 Å². The van der Waals surface area contributed by atoms with Gasteiger partial charge in [-0.25, -0.2) is 4.79 Å². The minimum Gasteiger partial charge on any atom is -0.478 e. The van der Waals surface area contributed by atoms with Gasteiger partial charge in [0.1, 0.15) is 5.75 Å². The third-order valence-corrected chi connectivity index (χ3v) is 3.02. The van der Waals surface area contributed by atoms with E-state index in [2.05, 4.69) is 0 Å². The fraction of sp³-hybridized carbons (Fsp3) is 0.214. The monoisotopic (exact) mass is 280 g/mol. The lowest BCUT2D eigenvalue weighted by molar-refractivity contribution is -0.147. The first-order valence-electron chi connectivity index (χ1n) is 5.69. The summed E-state index contributed by atoms with van der Waals surface area (Å²) in [5.74, 6) is -0.592. The standard InChI is InChI=1S/C14H13ClO4/c1-18-8-13(14(16)17)19-12-7-6-11(15)9-4-2-3-5-10(9)12/h2-7,13H,8H2,1H3,(H,16,17). The number of hydrogen-bond acceptors (Lipinski definition) is 3. The van der Waals surface area contributed by atoms with E-state index in [0.29, 0.717) is 10.8 Å². The van der Waals surface area contributed by atoms with Crippen molar-refractivity contribution < 1.29 is 19.4 Å². The van der Waals surface area contributed by atoms with Crippen LogP contribution in [0, 0.1) is 0 Å². The highest BCUT2D eigenvalue weighted by Gasteiger charge is 2.20. The third kappa shape index (κ3) is 2.97. The maximum Gasteiger partial charge on any atom is 0.347 e. The number of hydrogen-bond donors (Lipinski definition) is 1. The molecule has 1 atom stereocenters. The molecule has 2 aromatic rings. The molecular formula is C14H13ClO4. The van der Waals surface area contributed by atoms with E-state index < -0.39 is 12.1 Å². The fourth-order valence-electron chi connectivity index (χ4n) is 1.80. The average molecular weight is 281 g/mol. The van der Waals surface area contributed by atoms with Crippen molar-refractivity contribution in [3.8, 4) is 5.75 Å². The number of ether oxygens (including phenoxy) is 2. The topological polar surface area (TPSA) is 55.8 Å². The summed E-state index contributed by atoms with van der Waals surface area (Å²) in [6.45, 7) is -0.0215. The summed E-state index contributed by atoms with van der Waals surface area (Å²) in [5.41, 5.74) is 0. The van der Waals surface area contributed by atoms with E-state index in [4.69, 9.17) is 26.2 Å². The lowest BCUT2D eigenvalue weighted by Gasteiger charge is -2.16. The van der Waals surface area contributed by atoms with Gasteiger partial charge in [-0.2, -0.15) is 0 Å². The van der Waals surface area contributed by atoms with Crippen molar-refractivity contribution >= 4 is 28.3 Å². The number of methoxy groups -OCH3 is 1. The second-order valence-corrected chi connectivity index (χ2v) is 4.40. The van der Waals surface area contributed by atoms with Gasteiger partial charge in [0, 0.05) is 22.9 Å². The van der Waals surface area contributed by atoms with Crippen LogP contribution in [0.15, 0.2) is 36.4 Å². The van der Waals surface area contributed by atoms with E-state index in [-0.39, 0.29) is 6.61 Å². The van der Waals surface area contributed by atoms with Crippen LogP contribution in [0.5, 0.6) is 5.75 Å². The fourth-order valence-corrected chi connectivity index (χ4v) is 2.03. The molecule has 4 nitrogen and oxygen atoms in total. The van der Waals surface area contributed by atoms with Crippen molar-refractivity contribution in [3.05, 3.63) is 41.4 Å². The molecule has 2 rings (SSSR count). The van der Waals surface area contributed by atoms with Gasteiger partial charge in [0.05, 0.1) is 6.61 Å². The largest absolute Gasteiger partial charge is 0.478 e. The summed E-state index contributed by atoms with van der Waals surface area (Å²) >= 11 is 6.09. The normalized spacial score (nSPS) is 12.3. The molecule has 1 unspecified atom stereocenters. The van der Waals surface area contributed by atoms with E-state index >= 15 is 0 Å². The first-order valence-corrected chi connectivity index (χ1v) is 6.07. The molecular weight excluding hydrogens is 268 g/mol.